The van der Waals surface area contributed by atoms with Crippen molar-refractivity contribution in [2.75, 3.05) is 13.2 Å². The van der Waals surface area contributed by atoms with Gasteiger partial charge in [0.15, 0.2) is 0 Å². The minimum Gasteiger partial charge on any atom is -0.393 e. The maximum atomic E-state index is 9.63. The largest absolute Gasteiger partial charge is 0.393 e. The zero-order valence-corrected chi connectivity index (χ0v) is 11.2. The Morgan fingerprint density at radius 3 is 2.84 bits per heavy atom. The summed E-state index contributed by atoms with van der Waals surface area (Å²) in [5, 5.41) is 17.4. The van der Waals surface area contributed by atoms with Crippen LogP contribution in [0.3, 0.4) is 0 Å². The molecule has 1 aromatic carbocycles. The highest BCUT2D eigenvalue weighted by Gasteiger charge is 2.30. The summed E-state index contributed by atoms with van der Waals surface area (Å²) >= 11 is 0. The second-order valence-electron chi connectivity index (χ2n) is 5.04. The lowest BCUT2D eigenvalue weighted by molar-refractivity contribution is -0.0377. The third-order valence-corrected chi connectivity index (χ3v) is 3.44. The van der Waals surface area contributed by atoms with Gasteiger partial charge in [0.2, 0.25) is 0 Å². The average Bonchev–Trinajstić information content (AvgIpc) is 2.41. The molecule has 4 nitrogen and oxygen atoms in total. The van der Waals surface area contributed by atoms with Crippen molar-refractivity contribution in [2.45, 2.75) is 32.2 Å². The lowest BCUT2D eigenvalue weighted by Crippen LogP contribution is -2.40. The smallest absolute Gasteiger partial charge is 0.0850 e. The third-order valence-electron chi connectivity index (χ3n) is 3.44. The Kier molecular flexibility index (Phi) is 5.07. The summed E-state index contributed by atoms with van der Waals surface area (Å²) in [4.78, 5) is 0. The molecule has 0 aliphatic carbocycles. The lowest BCUT2D eigenvalue weighted by Gasteiger charge is -2.31. The van der Waals surface area contributed by atoms with Gasteiger partial charge in [-0.25, -0.2) is 0 Å². The summed E-state index contributed by atoms with van der Waals surface area (Å²) < 4.78 is 11.2. The molecule has 1 aliphatic heterocycles. The fourth-order valence-corrected chi connectivity index (χ4v) is 2.29. The summed E-state index contributed by atoms with van der Waals surface area (Å²) in [6.07, 6.45) is 0.135. The Morgan fingerprint density at radius 2 is 2.16 bits per heavy atom. The molecule has 1 aromatic rings. The monoisotopic (exact) mass is 263 g/mol. The molecule has 19 heavy (non-hydrogen) atoms. The molecule has 104 valence electrons. The van der Waals surface area contributed by atoms with E-state index in [1.165, 1.54) is 0 Å². The Bertz CT molecular complexity index is 405. The molecule has 4 heteroatoms. The normalized spacial score (nSPS) is 25.3. The Hall–Kier alpha value is -1.23. The van der Waals surface area contributed by atoms with Gasteiger partial charge in [0.1, 0.15) is 0 Å². The van der Waals surface area contributed by atoms with Gasteiger partial charge in [0, 0.05) is 11.6 Å². The average molecular weight is 263 g/mol. The van der Waals surface area contributed by atoms with Gasteiger partial charge in [-0.1, -0.05) is 30.3 Å². The predicted molar refractivity (Wildman–Crippen MR) is 73.4 cm³/mol. The minimum atomic E-state index is -0.493. The van der Waals surface area contributed by atoms with Gasteiger partial charge in [-0.05, 0) is 18.9 Å². The summed E-state index contributed by atoms with van der Waals surface area (Å²) in [5.74, 6) is -0.0981. The first-order valence-electron chi connectivity index (χ1n) is 6.65. The Balaban J connectivity index is 1.76. The highest BCUT2D eigenvalue weighted by molar-refractivity contribution is 5.86. The van der Waals surface area contributed by atoms with E-state index in [-0.39, 0.29) is 12.0 Å². The molecule has 0 aromatic heterocycles. The second-order valence-corrected chi connectivity index (χ2v) is 5.04. The number of nitrogens with one attached hydrogen (secondary N) is 1. The summed E-state index contributed by atoms with van der Waals surface area (Å²) in [7, 11) is 0. The van der Waals surface area contributed by atoms with Crippen LogP contribution in [-0.4, -0.2) is 36.2 Å². The van der Waals surface area contributed by atoms with Crippen molar-refractivity contribution in [3.05, 3.63) is 35.9 Å². The summed E-state index contributed by atoms with van der Waals surface area (Å²) in [6, 6.07) is 10.00. The maximum absolute atomic E-state index is 9.63. The van der Waals surface area contributed by atoms with Gasteiger partial charge in [-0.3, -0.25) is 0 Å². The van der Waals surface area contributed by atoms with Gasteiger partial charge in [-0.2, -0.15) is 0 Å². The number of rotatable bonds is 5. The van der Waals surface area contributed by atoms with Crippen LogP contribution in [0.15, 0.2) is 30.3 Å². The number of aliphatic hydroxyl groups excluding tert-OH is 1. The van der Waals surface area contributed by atoms with E-state index in [1.807, 2.05) is 30.3 Å². The Morgan fingerprint density at radius 1 is 1.42 bits per heavy atom. The molecular weight excluding hydrogens is 242 g/mol. The molecule has 2 rings (SSSR count). The second kappa shape index (κ2) is 6.80. The van der Waals surface area contributed by atoms with Crippen LogP contribution in [0.5, 0.6) is 0 Å². The van der Waals surface area contributed by atoms with Crippen molar-refractivity contribution in [1.82, 2.24) is 0 Å². The van der Waals surface area contributed by atoms with E-state index in [0.717, 1.165) is 5.56 Å². The number of hydrogen-bond donors (Lipinski definition) is 2. The zero-order valence-electron chi connectivity index (χ0n) is 11.2. The van der Waals surface area contributed by atoms with E-state index in [9.17, 15) is 5.11 Å². The molecule has 2 N–H and O–H groups in total. The molecule has 0 amide bonds. The quantitative estimate of drug-likeness (QED) is 0.854. The number of ether oxygens (including phenoxy) is 2. The molecule has 0 unspecified atom stereocenters. The topological polar surface area (TPSA) is 62.5 Å². The van der Waals surface area contributed by atoms with Crippen LogP contribution in [0.4, 0.5) is 0 Å². The molecule has 0 bridgehead atoms. The molecule has 1 saturated heterocycles. The molecule has 1 fully saturated rings. The highest BCUT2D eigenvalue weighted by Crippen LogP contribution is 2.21. The van der Waals surface area contributed by atoms with Gasteiger partial charge in [-0.15, -0.1) is 0 Å². The van der Waals surface area contributed by atoms with Crippen LogP contribution >= 0.6 is 0 Å². The first-order chi connectivity index (χ1) is 9.16. The highest BCUT2D eigenvalue weighted by atomic mass is 16.5. The van der Waals surface area contributed by atoms with Gasteiger partial charge in [0.05, 0.1) is 32.0 Å². The lowest BCUT2D eigenvalue weighted by atomic mass is 9.89. The van der Waals surface area contributed by atoms with Crippen molar-refractivity contribution >= 4 is 5.71 Å². The number of benzene rings is 1. The number of aliphatic hydroxyl groups is 1. The van der Waals surface area contributed by atoms with Crippen molar-refractivity contribution in [2.24, 2.45) is 5.92 Å². The molecule has 0 saturated carbocycles. The molecular formula is C15H21NO3. The third kappa shape index (κ3) is 4.13. The van der Waals surface area contributed by atoms with Crippen molar-refractivity contribution in [3.63, 3.8) is 0 Å². The first-order valence-corrected chi connectivity index (χ1v) is 6.65. The summed E-state index contributed by atoms with van der Waals surface area (Å²) in [5.41, 5.74) is 1.62. The van der Waals surface area contributed by atoms with Crippen LogP contribution in [0.25, 0.3) is 0 Å². The van der Waals surface area contributed by atoms with Gasteiger partial charge < -0.3 is 20.0 Å². The maximum Gasteiger partial charge on any atom is 0.0850 e. The van der Waals surface area contributed by atoms with E-state index >= 15 is 0 Å². The molecule has 1 heterocycles. The molecule has 1 aliphatic rings. The molecule has 0 radical (unpaired) electrons. The SMILES string of the molecule is C[C@H](O)[C@@H]1C[C@H](COCc2ccccc2)OCC1=N. The van der Waals surface area contributed by atoms with Crippen molar-refractivity contribution in [1.29, 1.82) is 5.41 Å². The minimum absolute atomic E-state index is 0.0302. The molecule has 3 atom stereocenters. The number of hydrogen-bond acceptors (Lipinski definition) is 4. The summed E-state index contributed by atoms with van der Waals surface area (Å²) in [6.45, 7) is 3.10. The standard InChI is InChI=1S/C15H21NO3/c1-11(17)14-7-13(19-10-15(14)16)9-18-8-12-5-3-2-4-6-12/h2-6,11,13-14,16-17H,7-10H2,1H3/t11-,13+,14-/m0/s1. The zero-order chi connectivity index (χ0) is 13.7. The Labute approximate surface area is 113 Å². The van der Waals surface area contributed by atoms with E-state index in [1.54, 1.807) is 6.92 Å². The van der Waals surface area contributed by atoms with Crippen molar-refractivity contribution in [3.8, 4) is 0 Å². The molecule has 0 spiro atoms. The fraction of sp³-hybridized carbons (Fsp3) is 0.533. The van der Waals surface area contributed by atoms with E-state index in [2.05, 4.69) is 0 Å². The van der Waals surface area contributed by atoms with E-state index in [0.29, 0.717) is 32.0 Å². The van der Waals surface area contributed by atoms with E-state index in [4.69, 9.17) is 14.9 Å². The van der Waals surface area contributed by atoms with Crippen LogP contribution < -0.4 is 0 Å². The van der Waals surface area contributed by atoms with Crippen LogP contribution in [0, 0.1) is 11.3 Å². The fourth-order valence-electron chi connectivity index (χ4n) is 2.29. The van der Waals surface area contributed by atoms with Crippen molar-refractivity contribution < 1.29 is 14.6 Å². The predicted octanol–water partition coefficient (Wildman–Crippen LogP) is 2.01. The van der Waals surface area contributed by atoms with Crippen LogP contribution in [0.1, 0.15) is 18.9 Å². The van der Waals surface area contributed by atoms with Crippen LogP contribution in [0.2, 0.25) is 0 Å². The van der Waals surface area contributed by atoms with Crippen LogP contribution in [-0.2, 0) is 16.1 Å². The first kappa shape index (κ1) is 14.2. The van der Waals surface area contributed by atoms with Gasteiger partial charge in [0.25, 0.3) is 0 Å². The van der Waals surface area contributed by atoms with E-state index < -0.39 is 6.10 Å². The van der Waals surface area contributed by atoms with Gasteiger partial charge >= 0.3 is 0 Å².